The first kappa shape index (κ1) is 24.9. The maximum Gasteiger partial charge on any atom is 0.272 e. The van der Waals surface area contributed by atoms with Crippen molar-refractivity contribution in [2.24, 2.45) is 0 Å². The minimum Gasteiger partial charge on any atom is -0.495 e. The fourth-order valence-electron chi connectivity index (χ4n) is 4.90. The third-order valence-corrected chi connectivity index (χ3v) is 7.18. The number of aromatic nitrogens is 3. The van der Waals surface area contributed by atoms with Crippen LogP contribution in [0.3, 0.4) is 0 Å². The van der Waals surface area contributed by atoms with Crippen molar-refractivity contribution in [1.82, 2.24) is 19.5 Å². The van der Waals surface area contributed by atoms with Crippen LogP contribution in [0.4, 0.5) is 10.1 Å². The molecule has 6 rings (SSSR count). The molecule has 0 spiro atoms. The Kier molecular flexibility index (Phi) is 6.62. The highest BCUT2D eigenvalue weighted by molar-refractivity contribution is 6.30. The van der Waals surface area contributed by atoms with E-state index in [-0.39, 0.29) is 5.91 Å². The van der Waals surface area contributed by atoms with Gasteiger partial charge in [0.25, 0.3) is 5.91 Å². The van der Waals surface area contributed by atoms with Gasteiger partial charge in [0.2, 0.25) is 0 Å². The van der Waals surface area contributed by atoms with E-state index in [1.54, 1.807) is 59.0 Å². The van der Waals surface area contributed by atoms with Crippen LogP contribution in [0.5, 0.6) is 5.75 Å². The summed E-state index contributed by atoms with van der Waals surface area (Å²) >= 11 is 6.07. The lowest BCUT2D eigenvalue weighted by Gasteiger charge is -2.36. The number of carbonyl (C=O) groups is 1. The van der Waals surface area contributed by atoms with Gasteiger partial charge < -0.3 is 14.5 Å². The number of para-hydroxylation sites is 2. The molecule has 0 atom stereocenters. The number of ether oxygens (including phenoxy) is 1. The van der Waals surface area contributed by atoms with Gasteiger partial charge in [-0.1, -0.05) is 48.0 Å². The molecule has 0 bridgehead atoms. The van der Waals surface area contributed by atoms with E-state index in [0.29, 0.717) is 59.5 Å². The summed E-state index contributed by atoms with van der Waals surface area (Å²) in [6.45, 7) is 2.33. The second kappa shape index (κ2) is 10.4. The van der Waals surface area contributed by atoms with Gasteiger partial charge in [-0.2, -0.15) is 5.10 Å². The first-order valence-corrected chi connectivity index (χ1v) is 13.0. The molecule has 0 radical (unpaired) electrons. The van der Waals surface area contributed by atoms with E-state index in [2.05, 4.69) is 9.88 Å². The number of fused-ring (bicyclic) bond motifs is 1. The zero-order chi connectivity index (χ0) is 26.9. The zero-order valence-electron chi connectivity index (χ0n) is 21.2. The molecule has 0 saturated carbocycles. The standard InChI is InChI=1S/C30H25ClFN5O2/c1-39-28-9-5-4-8-26(28)35-14-16-36(17-15-35)30(38)27-18-25(22-6-2-3-7-23(22)32)33-29-19-24(34-37(27)29)20-10-12-21(31)13-11-20/h2-13,18-19H,14-17H2,1H3. The maximum absolute atomic E-state index is 14.8. The van der Waals surface area contributed by atoms with E-state index in [1.807, 2.05) is 36.4 Å². The maximum atomic E-state index is 14.8. The molecule has 1 aliphatic rings. The molecule has 3 aromatic carbocycles. The lowest BCUT2D eigenvalue weighted by atomic mass is 10.1. The van der Waals surface area contributed by atoms with Gasteiger partial charge in [0.15, 0.2) is 5.65 Å². The van der Waals surface area contributed by atoms with Crippen LogP contribution in [0, 0.1) is 5.82 Å². The van der Waals surface area contributed by atoms with Gasteiger partial charge in [-0.05, 0) is 42.5 Å². The second-order valence-corrected chi connectivity index (χ2v) is 9.70. The Morgan fingerprint density at radius 1 is 0.897 bits per heavy atom. The van der Waals surface area contributed by atoms with Gasteiger partial charge in [-0.3, -0.25) is 4.79 Å². The monoisotopic (exact) mass is 541 g/mol. The minimum atomic E-state index is -0.407. The molecule has 196 valence electrons. The normalized spacial score (nSPS) is 13.6. The van der Waals surface area contributed by atoms with Crippen molar-refractivity contribution in [3.8, 4) is 28.3 Å². The van der Waals surface area contributed by atoms with Gasteiger partial charge in [0, 0.05) is 48.4 Å². The van der Waals surface area contributed by atoms with Crippen LogP contribution >= 0.6 is 11.6 Å². The van der Waals surface area contributed by atoms with E-state index in [1.165, 1.54) is 6.07 Å². The summed E-state index contributed by atoms with van der Waals surface area (Å²) in [7, 11) is 1.66. The molecule has 0 unspecified atom stereocenters. The summed E-state index contributed by atoms with van der Waals surface area (Å²) < 4.78 is 21.8. The predicted molar refractivity (Wildman–Crippen MR) is 150 cm³/mol. The lowest BCUT2D eigenvalue weighted by molar-refractivity contribution is 0.0737. The molecule has 7 nitrogen and oxygen atoms in total. The highest BCUT2D eigenvalue weighted by atomic mass is 35.5. The van der Waals surface area contributed by atoms with Crippen LogP contribution < -0.4 is 9.64 Å². The lowest BCUT2D eigenvalue weighted by Crippen LogP contribution is -2.49. The van der Waals surface area contributed by atoms with Crippen LogP contribution in [-0.2, 0) is 0 Å². The first-order chi connectivity index (χ1) is 19.0. The number of hydrogen-bond acceptors (Lipinski definition) is 5. The smallest absolute Gasteiger partial charge is 0.272 e. The topological polar surface area (TPSA) is 63.0 Å². The zero-order valence-corrected chi connectivity index (χ0v) is 22.0. The first-order valence-electron chi connectivity index (χ1n) is 12.6. The number of methoxy groups -OCH3 is 1. The summed E-state index contributed by atoms with van der Waals surface area (Å²) in [6.07, 6.45) is 0. The third kappa shape index (κ3) is 4.79. The average Bonchev–Trinajstić information content (AvgIpc) is 3.41. The van der Waals surface area contributed by atoms with Gasteiger partial charge >= 0.3 is 0 Å². The molecule has 5 aromatic rings. The van der Waals surface area contributed by atoms with E-state index in [9.17, 15) is 9.18 Å². The van der Waals surface area contributed by atoms with E-state index in [0.717, 1.165) is 17.0 Å². The molecular formula is C30H25ClFN5O2. The molecule has 9 heteroatoms. The summed E-state index contributed by atoms with van der Waals surface area (Å²) in [4.78, 5) is 22.6. The number of nitrogens with zero attached hydrogens (tertiary/aromatic N) is 5. The number of benzene rings is 3. The molecule has 39 heavy (non-hydrogen) atoms. The molecule has 2 aromatic heterocycles. The number of anilines is 1. The predicted octanol–water partition coefficient (Wildman–Crippen LogP) is 5.83. The Morgan fingerprint density at radius 3 is 2.36 bits per heavy atom. The van der Waals surface area contributed by atoms with Gasteiger partial charge in [-0.15, -0.1) is 0 Å². The van der Waals surface area contributed by atoms with Gasteiger partial charge in [0.05, 0.1) is 24.2 Å². The van der Waals surface area contributed by atoms with Crippen molar-refractivity contribution in [3.05, 3.63) is 101 Å². The van der Waals surface area contributed by atoms with Crippen LogP contribution in [0.25, 0.3) is 28.2 Å². The summed E-state index contributed by atoms with van der Waals surface area (Å²) in [5.41, 5.74) is 3.95. The van der Waals surface area contributed by atoms with Crippen LogP contribution in [0.15, 0.2) is 84.9 Å². The van der Waals surface area contributed by atoms with Crippen molar-refractivity contribution in [1.29, 1.82) is 0 Å². The van der Waals surface area contributed by atoms with Crippen LogP contribution in [0.1, 0.15) is 10.5 Å². The molecule has 1 aliphatic heterocycles. The van der Waals surface area contributed by atoms with Crippen molar-refractivity contribution in [2.75, 3.05) is 38.2 Å². The van der Waals surface area contributed by atoms with Gasteiger partial charge in [-0.25, -0.2) is 13.9 Å². The second-order valence-electron chi connectivity index (χ2n) is 9.26. The highest BCUT2D eigenvalue weighted by Gasteiger charge is 2.27. The molecule has 0 aliphatic carbocycles. The molecule has 1 fully saturated rings. The van der Waals surface area contributed by atoms with E-state index < -0.39 is 5.82 Å². The van der Waals surface area contributed by atoms with Crippen molar-refractivity contribution in [3.63, 3.8) is 0 Å². The minimum absolute atomic E-state index is 0.189. The SMILES string of the molecule is COc1ccccc1N1CCN(C(=O)c2cc(-c3ccccc3F)nc3cc(-c4ccc(Cl)cc4)nn23)CC1. The number of amides is 1. The van der Waals surface area contributed by atoms with Crippen LogP contribution in [-0.4, -0.2) is 58.7 Å². The third-order valence-electron chi connectivity index (χ3n) is 6.93. The number of hydrogen-bond donors (Lipinski definition) is 0. The van der Waals surface area contributed by atoms with Crippen molar-refractivity contribution < 1.29 is 13.9 Å². The number of piperazine rings is 1. The Balaban J connectivity index is 1.36. The molecule has 0 N–H and O–H groups in total. The molecular weight excluding hydrogens is 517 g/mol. The Morgan fingerprint density at radius 2 is 1.62 bits per heavy atom. The van der Waals surface area contributed by atoms with E-state index in [4.69, 9.17) is 21.4 Å². The number of rotatable bonds is 5. The van der Waals surface area contributed by atoms with Gasteiger partial charge in [0.1, 0.15) is 17.3 Å². The Labute approximate surface area is 230 Å². The average molecular weight is 542 g/mol. The quantitative estimate of drug-likeness (QED) is 0.280. The Hall–Kier alpha value is -4.43. The number of carbonyl (C=O) groups excluding carboxylic acids is 1. The highest BCUT2D eigenvalue weighted by Crippen LogP contribution is 2.30. The molecule has 1 saturated heterocycles. The summed E-state index contributed by atoms with van der Waals surface area (Å²) in [6, 6.07) is 25.0. The summed E-state index contributed by atoms with van der Waals surface area (Å²) in [5, 5.41) is 5.33. The van der Waals surface area contributed by atoms with E-state index >= 15 is 0 Å². The number of halogens is 2. The van der Waals surface area contributed by atoms with Crippen molar-refractivity contribution in [2.45, 2.75) is 0 Å². The summed E-state index contributed by atoms with van der Waals surface area (Å²) in [5.74, 6) is 0.204. The fraction of sp³-hybridized carbons (Fsp3) is 0.167. The molecule has 3 heterocycles. The molecule has 1 amide bonds. The fourth-order valence-corrected chi connectivity index (χ4v) is 5.02. The van der Waals surface area contributed by atoms with Crippen LogP contribution in [0.2, 0.25) is 5.02 Å². The van der Waals surface area contributed by atoms with Crippen molar-refractivity contribution >= 4 is 28.8 Å². The largest absolute Gasteiger partial charge is 0.495 e. The Bertz CT molecular complexity index is 1660.